The standard InChI is InChI=1S/C20H21N5O/c26-20(22-13-16-6-2-3-9-21-16)15-7-8-18-17(12-15)19(24-14-23-18)25-10-4-1-5-11-25/h2-3,6-9,12,14H,1,4-5,10-11,13H2,(H,22,26). The predicted molar refractivity (Wildman–Crippen MR) is 101 cm³/mol. The lowest BCUT2D eigenvalue weighted by Gasteiger charge is -2.28. The lowest BCUT2D eigenvalue weighted by molar-refractivity contribution is 0.0950. The lowest BCUT2D eigenvalue weighted by Crippen LogP contribution is -2.30. The number of pyridine rings is 1. The molecule has 1 fully saturated rings. The van der Waals surface area contributed by atoms with E-state index in [-0.39, 0.29) is 5.91 Å². The van der Waals surface area contributed by atoms with E-state index in [4.69, 9.17) is 0 Å². The van der Waals surface area contributed by atoms with Crippen LogP contribution in [-0.4, -0.2) is 33.9 Å². The minimum atomic E-state index is -0.119. The summed E-state index contributed by atoms with van der Waals surface area (Å²) in [6.07, 6.45) is 6.94. The zero-order valence-electron chi connectivity index (χ0n) is 14.6. The zero-order valence-corrected chi connectivity index (χ0v) is 14.6. The van der Waals surface area contributed by atoms with E-state index >= 15 is 0 Å². The van der Waals surface area contributed by atoms with Gasteiger partial charge in [0.2, 0.25) is 0 Å². The Balaban J connectivity index is 1.58. The number of carbonyl (C=O) groups is 1. The quantitative estimate of drug-likeness (QED) is 0.786. The Hall–Kier alpha value is -3.02. The number of amides is 1. The van der Waals surface area contributed by atoms with Gasteiger partial charge in [0.1, 0.15) is 12.1 Å². The first kappa shape index (κ1) is 16.4. The highest BCUT2D eigenvalue weighted by atomic mass is 16.1. The molecule has 3 aromatic rings. The number of benzene rings is 1. The summed E-state index contributed by atoms with van der Waals surface area (Å²) in [6.45, 7) is 2.41. The highest BCUT2D eigenvalue weighted by molar-refractivity contribution is 6.00. The minimum Gasteiger partial charge on any atom is -0.356 e. The number of rotatable bonds is 4. The molecule has 0 atom stereocenters. The molecule has 1 aliphatic heterocycles. The smallest absolute Gasteiger partial charge is 0.251 e. The summed E-state index contributed by atoms with van der Waals surface area (Å²) in [5.74, 6) is 0.806. The number of carbonyl (C=O) groups excluding carboxylic acids is 1. The van der Waals surface area contributed by atoms with Gasteiger partial charge < -0.3 is 10.2 Å². The van der Waals surface area contributed by atoms with Crippen LogP contribution in [0.25, 0.3) is 10.9 Å². The van der Waals surface area contributed by atoms with Crippen molar-refractivity contribution in [2.45, 2.75) is 25.8 Å². The molecule has 1 saturated heterocycles. The number of anilines is 1. The molecule has 0 bridgehead atoms. The second-order valence-electron chi connectivity index (χ2n) is 6.48. The summed E-state index contributed by atoms with van der Waals surface area (Å²) >= 11 is 0. The Morgan fingerprint density at radius 3 is 2.73 bits per heavy atom. The van der Waals surface area contributed by atoms with Gasteiger partial charge in [-0.2, -0.15) is 0 Å². The van der Waals surface area contributed by atoms with Crippen LogP contribution < -0.4 is 10.2 Å². The predicted octanol–water partition coefficient (Wildman–Crippen LogP) is 2.95. The van der Waals surface area contributed by atoms with E-state index in [1.54, 1.807) is 12.5 Å². The van der Waals surface area contributed by atoms with Gasteiger partial charge in [-0.25, -0.2) is 9.97 Å². The van der Waals surface area contributed by atoms with Gasteiger partial charge in [-0.15, -0.1) is 0 Å². The highest BCUT2D eigenvalue weighted by Crippen LogP contribution is 2.26. The molecule has 6 nitrogen and oxygen atoms in total. The summed E-state index contributed by atoms with van der Waals surface area (Å²) in [6, 6.07) is 11.3. The third-order valence-electron chi connectivity index (χ3n) is 4.69. The first-order valence-electron chi connectivity index (χ1n) is 8.99. The van der Waals surface area contributed by atoms with Gasteiger partial charge in [0.05, 0.1) is 17.8 Å². The van der Waals surface area contributed by atoms with Gasteiger partial charge in [0, 0.05) is 30.2 Å². The maximum absolute atomic E-state index is 12.6. The molecule has 0 radical (unpaired) electrons. The second kappa shape index (κ2) is 7.47. The Morgan fingerprint density at radius 1 is 1.04 bits per heavy atom. The van der Waals surface area contributed by atoms with E-state index in [0.29, 0.717) is 12.1 Å². The molecule has 1 N–H and O–H groups in total. The number of hydrogen-bond acceptors (Lipinski definition) is 5. The summed E-state index contributed by atoms with van der Waals surface area (Å²) in [5, 5.41) is 3.85. The Morgan fingerprint density at radius 2 is 1.92 bits per heavy atom. The summed E-state index contributed by atoms with van der Waals surface area (Å²) in [4.78, 5) is 27.9. The first-order valence-corrected chi connectivity index (χ1v) is 8.99. The fourth-order valence-corrected chi connectivity index (χ4v) is 3.32. The van der Waals surface area contributed by atoms with Gasteiger partial charge in [-0.05, 0) is 49.6 Å². The van der Waals surface area contributed by atoms with Gasteiger partial charge >= 0.3 is 0 Å². The van der Waals surface area contributed by atoms with E-state index in [1.165, 1.54) is 19.3 Å². The number of piperidine rings is 1. The van der Waals surface area contributed by atoms with E-state index in [0.717, 1.165) is 35.5 Å². The van der Waals surface area contributed by atoms with Crippen LogP contribution in [0.5, 0.6) is 0 Å². The van der Waals surface area contributed by atoms with Gasteiger partial charge in [-0.1, -0.05) is 6.07 Å². The van der Waals surface area contributed by atoms with Crippen molar-refractivity contribution in [3.8, 4) is 0 Å². The van der Waals surface area contributed by atoms with Crippen molar-refractivity contribution >= 4 is 22.6 Å². The third kappa shape index (κ3) is 3.49. The second-order valence-corrected chi connectivity index (χ2v) is 6.48. The molecule has 132 valence electrons. The molecule has 3 heterocycles. The monoisotopic (exact) mass is 347 g/mol. The fraction of sp³-hybridized carbons (Fsp3) is 0.300. The molecule has 4 rings (SSSR count). The Kier molecular flexibility index (Phi) is 4.73. The van der Waals surface area contributed by atoms with E-state index in [2.05, 4.69) is 25.2 Å². The summed E-state index contributed by atoms with van der Waals surface area (Å²) < 4.78 is 0. The van der Waals surface area contributed by atoms with Crippen molar-refractivity contribution in [3.63, 3.8) is 0 Å². The Labute approximate surface area is 152 Å². The number of nitrogens with one attached hydrogen (secondary N) is 1. The molecular weight excluding hydrogens is 326 g/mol. The van der Waals surface area contributed by atoms with Crippen LogP contribution in [0.2, 0.25) is 0 Å². The Bertz CT molecular complexity index is 906. The van der Waals surface area contributed by atoms with Crippen molar-refractivity contribution in [2.24, 2.45) is 0 Å². The molecule has 6 heteroatoms. The maximum atomic E-state index is 12.6. The van der Waals surface area contributed by atoms with Crippen LogP contribution >= 0.6 is 0 Å². The average molecular weight is 347 g/mol. The van der Waals surface area contributed by atoms with Crippen LogP contribution in [0, 0.1) is 0 Å². The average Bonchev–Trinajstić information content (AvgIpc) is 2.72. The van der Waals surface area contributed by atoms with Crippen LogP contribution in [0.1, 0.15) is 35.3 Å². The largest absolute Gasteiger partial charge is 0.356 e. The highest BCUT2D eigenvalue weighted by Gasteiger charge is 2.16. The normalized spacial score (nSPS) is 14.4. The van der Waals surface area contributed by atoms with Crippen molar-refractivity contribution in [1.82, 2.24) is 20.3 Å². The molecule has 0 spiro atoms. The topological polar surface area (TPSA) is 71.0 Å². The molecule has 0 saturated carbocycles. The number of hydrogen-bond donors (Lipinski definition) is 1. The minimum absolute atomic E-state index is 0.119. The summed E-state index contributed by atoms with van der Waals surface area (Å²) in [5.41, 5.74) is 2.31. The third-order valence-corrected chi connectivity index (χ3v) is 4.69. The maximum Gasteiger partial charge on any atom is 0.251 e. The number of nitrogens with zero attached hydrogens (tertiary/aromatic N) is 4. The molecule has 1 aliphatic rings. The van der Waals surface area contributed by atoms with Crippen molar-refractivity contribution < 1.29 is 4.79 Å². The van der Waals surface area contributed by atoms with E-state index in [1.807, 2.05) is 36.4 Å². The SMILES string of the molecule is O=C(NCc1ccccn1)c1ccc2ncnc(N3CCCCC3)c2c1. The number of aromatic nitrogens is 3. The summed E-state index contributed by atoms with van der Waals surface area (Å²) in [7, 11) is 0. The molecule has 26 heavy (non-hydrogen) atoms. The van der Waals surface area contributed by atoms with Gasteiger partial charge in [0.25, 0.3) is 5.91 Å². The van der Waals surface area contributed by atoms with Gasteiger partial charge in [-0.3, -0.25) is 9.78 Å². The van der Waals surface area contributed by atoms with Crippen molar-refractivity contribution in [1.29, 1.82) is 0 Å². The fourth-order valence-electron chi connectivity index (χ4n) is 3.32. The molecule has 0 aliphatic carbocycles. The molecule has 1 amide bonds. The van der Waals surface area contributed by atoms with Crippen LogP contribution in [0.3, 0.4) is 0 Å². The molecule has 0 unspecified atom stereocenters. The van der Waals surface area contributed by atoms with E-state index in [9.17, 15) is 4.79 Å². The van der Waals surface area contributed by atoms with Crippen LogP contribution in [0.15, 0.2) is 48.9 Å². The molecular formula is C20H21N5O. The van der Waals surface area contributed by atoms with Crippen LogP contribution in [0.4, 0.5) is 5.82 Å². The number of fused-ring (bicyclic) bond motifs is 1. The van der Waals surface area contributed by atoms with Crippen molar-refractivity contribution in [3.05, 3.63) is 60.2 Å². The first-order chi connectivity index (χ1) is 12.8. The van der Waals surface area contributed by atoms with E-state index < -0.39 is 0 Å². The van der Waals surface area contributed by atoms with Crippen LogP contribution in [-0.2, 0) is 6.54 Å². The van der Waals surface area contributed by atoms with Crippen molar-refractivity contribution in [2.75, 3.05) is 18.0 Å². The zero-order chi connectivity index (χ0) is 17.8. The molecule has 1 aromatic carbocycles. The van der Waals surface area contributed by atoms with Gasteiger partial charge in [0.15, 0.2) is 0 Å². The lowest BCUT2D eigenvalue weighted by atomic mass is 10.1. The molecule has 2 aromatic heterocycles.